The third kappa shape index (κ3) is 4.35. The molecule has 182 valence electrons. The van der Waals surface area contributed by atoms with Crippen molar-refractivity contribution in [1.82, 2.24) is 19.9 Å². The Morgan fingerprint density at radius 1 is 1.03 bits per heavy atom. The highest BCUT2D eigenvalue weighted by atomic mass is 32.1. The fourth-order valence-electron chi connectivity index (χ4n) is 4.89. The van der Waals surface area contributed by atoms with Crippen LogP contribution in [-0.4, -0.2) is 25.6 Å². The van der Waals surface area contributed by atoms with Crippen LogP contribution in [0.2, 0.25) is 0 Å². The number of aromatic nitrogens is 3. The molecule has 1 aliphatic heterocycles. The number of aryl methyl sites for hydroxylation is 2. The fraction of sp³-hybridized carbons (Fsp3) is 0.214. The number of benzene rings is 1. The number of nitrogens with zero attached hydrogens (tertiary/aromatic N) is 4. The van der Waals surface area contributed by atoms with Gasteiger partial charge in [-0.2, -0.15) is 0 Å². The lowest BCUT2D eigenvalue weighted by atomic mass is 9.96. The molecule has 7 nitrogen and oxygen atoms in total. The van der Waals surface area contributed by atoms with Gasteiger partial charge >= 0.3 is 0 Å². The molecule has 5 rings (SSSR count). The molecule has 8 heteroatoms. The zero-order valence-corrected chi connectivity index (χ0v) is 21.5. The van der Waals surface area contributed by atoms with E-state index in [1.807, 2.05) is 67.8 Å². The van der Waals surface area contributed by atoms with Crippen LogP contribution in [0.3, 0.4) is 0 Å². The molecular formula is C28H28N6OS. The maximum absolute atomic E-state index is 11.5. The maximum atomic E-state index is 11.5. The Morgan fingerprint density at radius 3 is 2.44 bits per heavy atom. The summed E-state index contributed by atoms with van der Waals surface area (Å²) in [6.07, 6.45) is 3.70. The summed E-state index contributed by atoms with van der Waals surface area (Å²) in [4.78, 5) is 23.0. The van der Waals surface area contributed by atoms with Crippen molar-refractivity contribution in [3.63, 3.8) is 0 Å². The summed E-state index contributed by atoms with van der Waals surface area (Å²) in [5.74, 6) is 0.780. The first-order chi connectivity index (χ1) is 17.3. The lowest BCUT2D eigenvalue weighted by molar-refractivity contribution is -0.114. The van der Waals surface area contributed by atoms with Gasteiger partial charge in [-0.15, -0.1) is 0 Å². The number of thiocarbonyl (C=S) groups is 1. The lowest BCUT2D eigenvalue weighted by Crippen LogP contribution is -2.29. The molecule has 0 aliphatic carbocycles. The van der Waals surface area contributed by atoms with E-state index in [0.29, 0.717) is 5.11 Å². The van der Waals surface area contributed by atoms with E-state index in [2.05, 4.69) is 56.0 Å². The van der Waals surface area contributed by atoms with Gasteiger partial charge in [0.2, 0.25) is 5.91 Å². The van der Waals surface area contributed by atoms with Gasteiger partial charge in [0.15, 0.2) is 5.11 Å². The molecule has 0 bridgehead atoms. The number of nitrogens with one attached hydrogen (secondary N) is 2. The molecule has 0 saturated carbocycles. The van der Waals surface area contributed by atoms with Gasteiger partial charge in [0.05, 0.1) is 17.8 Å². The minimum atomic E-state index is -0.145. The Kier molecular flexibility index (Phi) is 6.28. The SMILES string of the molecule is CC(=O)Nc1ccc(N2C(=S)N[C@@H](c3ccccn3)[C@H]2c2cc(C)n(-c3ccc(C)cn3)c2C)cc1. The molecule has 0 unspecified atom stereocenters. The van der Waals surface area contributed by atoms with Crippen molar-refractivity contribution < 1.29 is 4.79 Å². The number of hydrogen-bond acceptors (Lipinski definition) is 4. The Labute approximate surface area is 216 Å². The highest BCUT2D eigenvalue weighted by Crippen LogP contribution is 2.43. The van der Waals surface area contributed by atoms with Gasteiger partial charge in [-0.1, -0.05) is 12.1 Å². The molecule has 1 aliphatic rings. The van der Waals surface area contributed by atoms with E-state index in [0.717, 1.165) is 45.4 Å². The first kappa shape index (κ1) is 23.7. The van der Waals surface area contributed by atoms with Crippen molar-refractivity contribution >= 4 is 34.6 Å². The second kappa shape index (κ2) is 9.54. The van der Waals surface area contributed by atoms with Gasteiger partial charge in [0.1, 0.15) is 5.82 Å². The van der Waals surface area contributed by atoms with Crippen molar-refractivity contribution in [2.24, 2.45) is 0 Å². The molecule has 4 aromatic rings. The van der Waals surface area contributed by atoms with Crippen LogP contribution in [0.5, 0.6) is 0 Å². The second-order valence-corrected chi connectivity index (χ2v) is 9.47. The molecule has 3 aromatic heterocycles. The van der Waals surface area contributed by atoms with Crippen molar-refractivity contribution in [2.75, 3.05) is 10.2 Å². The highest BCUT2D eigenvalue weighted by molar-refractivity contribution is 7.80. The molecule has 1 saturated heterocycles. The van der Waals surface area contributed by atoms with Crippen molar-refractivity contribution in [1.29, 1.82) is 0 Å². The molecule has 4 heterocycles. The maximum Gasteiger partial charge on any atom is 0.221 e. The van der Waals surface area contributed by atoms with Crippen LogP contribution in [0.1, 0.15) is 47.2 Å². The van der Waals surface area contributed by atoms with Crippen LogP contribution in [-0.2, 0) is 4.79 Å². The number of pyridine rings is 2. The van der Waals surface area contributed by atoms with Crippen LogP contribution >= 0.6 is 12.2 Å². The minimum Gasteiger partial charge on any atom is -0.351 e. The molecule has 2 atom stereocenters. The third-order valence-electron chi connectivity index (χ3n) is 6.48. The summed E-state index contributed by atoms with van der Waals surface area (Å²) in [6.45, 7) is 7.76. The van der Waals surface area contributed by atoms with Gasteiger partial charge < -0.3 is 20.1 Å². The van der Waals surface area contributed by atoms with Crippen molar-refractivity contribution in [3.8, 4) is 5.82 Å². The normalized spacial score (nSPS) is 17.2. The van der Waals surface area contributed by atoms with Crippen molar-refractivity contribution in [3.05, 3.63) is 101 Å². The zero-order valence-electron chi connectivity index (χ0n) is 20.7. The number of anilines is 2. The highest BCUT2D eigenvalue weighted by Gasteiger charge is 2.42. The van der Waals surface area contributed by atoms with E-state index < -0.39 is 0 Å². The van der Waals surface area contributed by atoms with E-state index in [4.69, 9.17) is 12.2 Å². The third-order valence-corrected chi connectivity index (χ3v) is 6.79. The van der Waals surface area contributed by atoms with Gasteiger partial charge in [-0.05, 0) is 92.6 Å². The summed E-state index contributed by atoms with van der Waals surface area (Å²) in [5.41, 5.74) is 7.05. The summed E-state index contributed by atoms with van der Waals surface area (Å²) in [7, 11) is 0. The largest absolute Gasteiger partial charge is 0.351 e. The first-order valence-electron chi connectivity index (χ1n) is 11.8. The Bertz CT molecular complexity index is 1410. The molecular weight excluding hydrogens is 468 g/mol. The number of carbonyl (C=O) groups excluding carboxylic acids is 1. The molecule has 0 spiro atoms. The fourth-order valence-corrected chi connectivity index (χ4v) is 5.24. The summed E-state index contributed by atoms with van der Waals surface area (Å²) in [6, 6.07) is 19.7. The summed E-state index contributed by atoms with van der Waals surface area (Å²) < 4.78 is 2.18. The topological polar surface area (TPSA) is 75.1 Å². The average molecular weight is 497 g/mol. The van der Waals surface area contributed by atoms with Crippen LogP contribution in [0.4, 0.5) is 11.4 Å². The second-order valence-electron chi connectivity index (χ2n) is 9.08. The van der Waals surface area contributed by atoms with E-state index in [1.54, 1.807) is 0 Å². The quantitative estimate of drug-likeness (QED) is 0.364. The number of rotatable bonds is 5. The monoisotopic (exact) mass is 496 g/mol. The molecule has 36 heavy (non-hydrogen) atoms. The lowest BCUT2D eigenvalue weighted by Gasteiger charge is -2.28. The van der Waals surface area contributed by atoms with Crippen molar-refractivity contribution in [2.45, 2.75) is 39.8 Å². The number of carbonyl (C=O) groups is 1. The predicted octanol–water partition coefficient (Wildman–Crippen LogP) is 5.33. The molecule has 2 N–H and O–H groups in total. The minimum absolute atomic E-state index is 0.105. The molecule has 0 radical (unpaired) electrons. The van der Waals surface area contributed by atoms with E-state index >= 15 is 0 Å². The number of hydrogen-bond donors (Lipinski definition) is 2. The van der Waals surface area contributed by atoms with Crippen LogP contribution in [0, 0.1) is 20.8 Å². The van der Waals surface area contributed by atoms with Crippen LogP contribution in [0.15, 0.2) is 73.1 Å². The molecule has 1 fully saturated rings. The van der Waals surface area contributed by atoms with Gasteiger partial charge in [0, 0.05) is 42.1 Å². The predicted molar refractivity (Wildman–Crippen MR) is 146 cm³/mol. The zero-order chi connectivity index (χ0) is 25.4. The van der Waals surface area contributed by atoms with E-state index in [9.17, 15) is 4.79 Å². The van der Waals surface area contributed by atoms with Crippen LogP contribution in [0.25, 0.3) is 5.82 Å². The standard InChI is InChI=1S/C28H28N6OS/c1-17-8-13-25(30-16-17)33-18(2)15-23(19(33)3)27-26(24-7-5-6-14-29-24)32-28(36)34(27)22-11-9-21(10-12-22)31-20(4)35/h5-16,26-27H,1-4H3,(H,31,35)(H,32,36)/t26-,27+/m0/s1. The Morgan fingerprint density at radius 2 is 1.81 bits per heavy atom. The van der Waals surface area contributed by atoms with E-state index in [1.165, 1.54) is 6.92 Å². The van der Waals surface area contributed by atoms with Crippen LogP contribution < -0.4 is 15.5 Å². The first-order valence-corrected chi connectivity index (χ1v) is 12.2. The molecule has 1 aromatic carbocycles. The average Bonchev–Trinajstić information content (AvgIpc) is 3.35. The van der Waals surface area contributed by atoms with E-state index in [-0.39, 0.29) is 18.0 Å². The Hall–Kier alpha value is -4.04. The number of amides is 1. The summed E-state index contributed by atoms with van der Waals surface area (Å²) in [5, 5.41) is 6.97. The van der Waals surface area contributed by atoms with Gasteiger partial charge in [0.25, 0.3) is 0 Å². The summed E-state index contributed by atoms with van der Waals surface area (Å²) >= 11 is 5.87. The smallest absolute Gasteiger partial charge is 0.221 e. The van der Waals surface area contributed by atoms with Gasteiger partial charge in [-0.25, -0.2) is 4.98 Å². The van der Waals surface area contributed by atoms with Gasteiger partial charge in [-0.3, -0.25) is 9.78 Å². The molecule has 1 amide bonds. The Balaban J connectivity index is 1.62.